The Morgan fingerprint density at radius 3 is 2.54 bits per heavy atom. The summed E-state index contributed by atoms with van der Waals surface area (Å²) in [7, 11) is 0. The Balaban J connectivity index is 1.43. The van der Waals surface area contributed by atoms with E-state index in [1.54, 1.807) is 41.8 Å². The summed E-state index contributed by atoms with van der Waals surface area (Å²) in [6.07, 6.45) is 1.62. The molecule has 7 nitrogen and oxygen atoms in total. The molecular weight excluding hydrogens is 486 g/mol. The van der Waals surface area contributed by atoms with E-state index < -0.39 is 5.97 Å². The maximum Gasteiger partial charge on any atom is 0.353 e. The van der Waals surface area contributed by atoms with E-state index in [0.29, 0.717) is 33.5 Å². The summed E-state index contributed by atoms with van der Waals surface area (Å²) in [4.78, 5) is 39.5. The molecule has 1 aromatic heterocycles. The van der Waals surface area contributed by atoms with Gasteiger partial charge >= 0.3 is 5.97 Å². The van der Waals surface area contributed by atoms with Gasteiger partial charge < -0.3 is 14.2 Å². The van der Waals surface area contributed by atoms with Gasteiger partial charge in [0.25, 0.3) is 11.1 Å². The highest BCUT2D eigenvalue weighted by molar-refractivity contribution is 8.18. The topological polar surface area (TPSA) is 82.1 Å². The highest BCUT2D eigenvalue weighted by atomic mass is 32.2. The van der Waals surface area contributed by atoms with Crippen molar-refractivity contribution in [2.45, 2.75) is 13.8 Å². The molecule has 180 valence electrons. The molecule has 1 fully saturated rings. The van der Waals surface area contributed by atoms with Crippen LogP contribution in [0.1, 0.15) is 27.7 Å². The minimum Gasteiger partial charge on any atom is -0.492 e. The Bertz CT molecular complexity index is 1250. The fraction of sp³-hybridized carbons (Fsp3) is 0.192. The second-order valence-electron chi connectivity index (χ2n) is 7.50. The molecule has 3 aromatic rings. The zero-order valence-electron chi connectivity index (χ0n) is 19.2. The Labute approximate surface area is 211 Å². The van der Waals surface area contributed by atoms with Crippen LogP contribution in [0.3, 0.4) is 0 Å². The van der Waals surface area contributed by atoms with Crippen molar-refractivity contribution in [1.29, 1.82) is 0 Å². The molecule has 4 rings (SSSR count). The number of thiophene rings is 1. The molecule has 0 atom stereocenters. The first-order chi connectivity index (χ1) is 16.9. The van der Waals surface area contributed by atoms with Crippen LogP contribution in [-0.4, -0.2) is 41.8 Å². The van der Waals surface area contributed by atoms with Crippen LogP contribution in [0.4, 0.5) is 4.79 Å². The highest BCUT2D eigenvalue weighted by Gasteiger charge is 2.34. The lowest BCUT2D eigenvalue weighted by Crippen LogP contribution is -2.32. The van der Waals surface area contributed by atoms with E-state index in [1.165, 1.54) is 16.2 Å². The van der Waals surface area contributed by atoms with Crippen LogP contribution in [0.25, 0.3) is 6.08 Å². The van der Waals surface area contributed by atoms with E-state index in [2.05, 4.69) is 0 Å². The molecule has 35 heavy (non-hydrogen) atoms. The molecule has 0 bridgehead atoms. The molecule has 1 saturated heterocycles. The van der Waals surface area contributed by atoms with Gasteiger partial charge in [0, 0.05) is 0 Å². The van der Waals surface area contributed by atoms with E-state index in [-0.39, 0.29) is 30.0 Å². The van der Waals surface area contributed by atoms with Gasteiger partial charge in [0.15, 0.2) is 11.5 Å². The fourth-order valence-electron chi connectivity index (χ4n) is 3.25. The van der Waals surface area contributed by atoms with Crippen molar-refractivity contribution in [1.82, 2.24) is 4.90 Å². The second kappa shape index (κ2) is 11.2. The Morgan fingerprint density at radius 2 is 1.83 bits per heavy atom. The molecule has 0 N–H and O–H groups in total. The third-order valence-electron chi connectivity index (χ3n) is 4.97. The minimum atomic E-state index is -0.470. The quantitative estimate of drug-likeness (QED) is 0.205. The molecule has 0 spiro atoms. The second-order valence-corrected chi connectivity index (χ2v) is 9.44. The lowest BCUT2D eigenvalue weighted by atomic mass is 10.2. The summed E-state index contributed by atoms with van der Waals surface area (Å²) in [6.45, 7) is 4.52. The summed E-state index contributed by atoms with van der Waals surface area (Å²) in [6, 6.07) is 16.0. The van der Waals surface area contributed by atoms with Crippen LogP contribution >= 0.6 is 23.1 Å². The van der Waals surface area contributed by atoms with Gasteiger partial charge in [0.2, 0.25) is 0 Å². The Morgan fingerprint density at radius 1 is 1.03 bits per heavy atom. The molecule has 0 radical (unpaired) electrons. The van der Waals surface area contributed by atoms with Crippen molar-refractivity contribution in [3.63, 3.8) is 0 Å². The number of carbonyl (C=O) groups excluding carboxylic acids is 3. The third-order valence-corrected chi connectivity index (χ3v) is 6.73. The van der Waals surface area contributed by atoms with Crippen molar-refractivity contribution >= 4 is 46.3 Å². The number of hydrogen-bond acceptors (Lipinski definition) is 8. The van der Waals surface area contributed by atoms with E-state index in [4.69, 9.17) is 14.2 Å². The average Bonchev–Trinajstić information content (AvgIpc) is 3.47. The van der Waals surface area contributed by atoms with Crippen molar-refractivity contribution in [3.8, 4) is 17.2 Å². The van der Waals surface area contributed by atoms with Crippen LogP contribution in [0, 0.1) is 6.92 Å². The van der Waals surface area contributed by atoms with E-state index >= 15 is 0 Å². The van der Waals surface area contributed by atoms with Crippen molar-refractivity contribution in [2.24, 2.45) is 0 Å². The van der Waals surface area contributed by atoms with E-state index in [9.17, 15) is 14.4 Å². The standard InChI is InChI=1S/C26H23NO6S2/c1-3-31-21-15-18(8-11-20(21)33-25(29)22-5-4-14-34-22)16-23-24(28)27(26(30)35-23)12-13-32-19-9-6-17(2)7-10-19/h4-11,14-16H,3,12-13H2,1-2H3/b23-16-. The Hall–Kier alpha value is -3.56. The van der Waals surface area contributed by atoms with Crippen molar-refractivity contribution in [3.05, 3.63) is 80.9 Å². The maximum absolute atomic E-state index is 12.8. The van der Waals surface area contributed by atoms with E-state index in [1.807, 2.05) is 38.1 Å². The smallest absolute Gasteiger partial charge is 0.353 e. The minimum absolute atomic E-state index is 0.150. The normalized spacial score (nSPS) is 14.5. The molecule has 1 aliphatic heterocycles. The first-order valence-electron chi connectivity index (χ1n) is 10.9. The van der Waals surface area contributed by atoms with Gasteiger partial charge in [0.05, 0.1) is 18.1 Å². The van der Waals surface area contributed by atoms with Gasteiger partial charge in [-0.25, -0.2) is 4.79 Å². The fourth-order valence-corrected chi connectivity index (χ4v) is 4.71. The van der Waals surface area contributed by atoms with Gasteiger partial charge in [-0.3, -0.25) is 14.5 Å². The third kappa shape index (κ3) is 6.12. The highest BCUT2D eigenvalue weighted by Crippen LogP contribution is 2.35. The molecule has 9 heteroatoms. The molecular formula is C26H23NO6S2. The average molecular weight is 510 g/mol. The number of imide groups is 1. The predicted molar refractivity (Wildman–Crippen MR) is 136 cm³/mol. The summed E-state index contributed by atoms with van der Waals surface area (Å²) < 4.78 is 16.8. The van der Waals surface area contributed by atoms with Crippen LogP contribution in [-0.2, 0) is 4.79 Å². The molecule has 2 heterocycles. The van der Waals surface area contributed by atoms with Gasteiger partial charge in [-0.05, 0) is 73.0 Å². The molecule has 2 amide bonds. The van der Waals surface area contributed by atoms with Gasteiger partial charge in [0.1, 0.15) is 17.2 Å². The summed E-state index contributed by atoms with van der Waals surface area (Å²) in [5.41, 5.74) is 1.76. The SMILES string of the molecule is CCOc1cc(/C=C2\SC(=O)N(CCOc3ccc(C)cc3)C2=O)ccc1OC(=O)c1cccs1. The zero-order chi connectivity index (χ0) is 24.8. The molecule has 0 unspecified atom stereocenters. The number of rotatable bonds is 9. The number of ether oxygens (including phenoxy) is 3. The number of thioether (sulfide) groups is 1. The molecule has 0 aliphatic carbocycles. The number of aryl methyl sites for hydroxylation is 1. The number of benzene rings is 2. The lowest BCUT2D eigenvalue weighted by Gasteiger charge is -2.13. The summed E-state index contributed by atoms with van der Waals surface area (Å²) >= 11 is 2.16. The van der Waals surface area contributed by atoms with Crippen LogP contribution in [0.15, 0.2) is 64.9 Å². The molecule has 1 aliphatic rings. The lowest BCUT2D eigenvalue weighted by molar-refractivity contribution is -0.123. The Kier molecular flexibility index (Phi) is 7.89. The summed E-state index contributed by atoms with van der Waals surface area (Å²) in [5.74, 6) is 0.489. The first-order valence-corrected chi connectivity index (χ1v) is 12.6. The van der Waals surface area contributed by atoms with Crippen molar-refractivity contribution in [2.75, 3.05) is 19.8 Å². The van der Waals surface area contributed by atoms with Gasteiger partial charge in [-0.2, -0.15) is 0 Å². The number of carbonyl (C=O) groups is 3. The maximum atomic E-state index is 12.8. The van der Waals surface area contributed by atoms with E-state index in [0.717, 1.165) is 17.3 Å². The number of esters is 1. The molecule has 0 saturated carbocycles. The monoisotopic (exact) mass is 509 g/mol. The number of hydrogen-bond donors (Lipinski definition) is 0. The predicted octanol–water partition coefficient (Wildman–Crippen LogP) is 5.79. The van der Waals surface area contributed by atoms with Crippen LogP contribution in [0.5, 0.6) is 17.2 Å². The number of amides is 2. The van der Waals surface area contributed by atoms with Crippen LogP contribution in [0.2, 0.25) is 0 Å². The summed E-state index contributed by atoms with van der Waals surface area (Å²) in [5, 5.41) is 1.45. The van der Waals surface area contributed by atoms with Crippen molar-refractivity contribution < 1.29 is 28.6 Å². The number of nitrogens with zero attached hydrogens (tertiary/aromatic N) is 1. The van der Waals surface area contributed by atoms with Gasteiger partial charge in [-0.1, -0.05) is 29.8 Å². The van der Waals surface area contributed by atoms with Gasteiger partial charge in [-0.15, -0.1) is 11.3 Å². The van der Waals surface area contributed by atoms with Crippen LogP contribution < -0.4 is 14.2 Å². The largest absolute Gasteiger partial charge is 0.492 e. The first kappa shape index (κ1) is 24.6. The molecule has 2 aromatic carbocycles. The zero-order valence-corrected chi connectivity index (χ0v) is 20.8.